The molecule has 0 spiro atoms. The molecule has 1 heterocycles. The molecule has 0 amide bonds. The van der Waals surface area contributed by atoms with Crippen LogP contribution in [-0.4, -0.2) is 63.2 Å². The molecular weight excluding hydrogens is 347 g/mol. The van der Waals surface area contributed by atoms with Crippen molar-refractivity contribution in [3.63, 3.8) is 0 Å². The van der Waals surface area contributed by atoms with Gasteiger partial charge in [-0.15, -0.1) is 0 Å². The average Bonchev–Trinajstić information content (AvgIpc) is 2.66. The van der Waals surface area contributed by atoms with Crippen molar-refractivity contribution in [1.29, 1.82) is 0 Å². The van der Waals surface area contributed by atoms with Crippen molar-refractivity contribution in [3.05, 3.63) is 28.2 Å². The predicted molar refractivity (Wildman–Crippen MR) is 89.4 cm³/mol. The van der Waals surface area contributed by atoms with Crippen LogP contribution in [-0.2, 0) is 10.0 Å². The quantitative estimate of drug-likeness (QED) is 0.802. The van der Waals surface area contributed by atoms with Gasteiger partial charge in [-0.2, -0.15) is 0 Å². The summed E-state index contributed by atoms with van der Waals surface area (Å²) in [5, 5.41) is 1.07. The average molecular weight is 367 g/mol. The standard InChI is InChI=1S/C14H20Cl2N2O3S/c1-22(19,20)18-6-2-5-17(7-8-18)9-10-21-14-4-3-12(15)11-13(14)16/h3-4,11H,2,5-10H2,1H3. The fraction of sp³-hybridized carbons (Fsp3) is 0.571. The van der Waals surface area contributed by atoms with Crippen LogP contribution in [0, 0.1) is 0 Å². The Morgan fingerprint density at radius 3 is 2.64 bits per heavy atom. The van der Waals surface area contributed by atoms with E-state index < -0.39 is 10.0 Å². The Bertz CT molecular complexity index is 610. The first-order chi connectivity index (χ1) is 10.4. The van der Waals surface area contributed by atoms with Gasteiger partial charge >= 0.3 is 0 Å². The monoisotopic (exact) mass is 366 g/mol. The van der Waals surface area contributed by atoms with Gasteiger partial charge in [-0.25, -0.2) is 12.7 Å². The van der Waals surface area contributed by atoms with Crippen LogP contribution in [0.2, 0.25) is 10.0 Å². The Morgan fingerprint density at radius 2 is 1.95 bits per heavy atom. The maximum Gasteiger partial charge on any atom is 0.211 e. The van der Waals surface area contributed by atoms with Gasteiger partial charge in [-0.1, -0.05) is 23.2 Å². The Labute approximate surface area is 141 Å². The predicted octanol–water partition coefficient (Wildman–Crippen LogP) is 2.34. The summed E-state index contributed by atoms with van der Waals surface area (Å²) in [6, 6.07) is 5.13. The lowest BCUT2D eigenvalue weighted by Gasteiger charge is -2.20. The number of benzene rings is 1. The van der Waals surface area contributed by atoms with E-state index in [-0.39, 0.29) is 0 Å². The maximum atomic E-state index is 11.6. The molecule has 0 aromatic heterocycles. The van der Waals surface area contributed by atoms with E-state index in [1.54, 1.807) is 18.2 Å². The van der Waals surface area contributed by atoms with E-state index in [1.807, 2.05) is 0 Å². The minimum absolute atomic E-state index is 0.492. The Balaban J connectivity index is 1.80. The molecule has 8 heteroatoms. The molecule has 1 saturated heterocycles. The van der Waals surface area contributed by atoms with Gasteiger partial charge in [0.15, 0.2) is 0 Å². The van der Waals surface area contributed by atoms with E-state index in [9.17, 15) is 8.42 Å². The molecule has 0 atom stereocenters. The molecule has 1 aliphatic rings. The molecule has 1 fully saturated rings. The molecule has 22 heavy (non-hydrogen) atoms. The van der Waals surface area contributed by atoms with Crippen molar-refractivity contribution in [2.24, 2.45) is 0 Å². The molecule has 0 radical (unpaired) electrons. The smallest absolute Gasteiger partial charge is 0.211 e. The zero-order valence-electron chi connectivity index (χ0n) is 12.5. The molecule has 0 aliphatic carbocycles. The van der Waals surface area contributed by atoms with E-state index in [0.717, 1.165) is 19.5 Å². The lowest BCUT2D eigenvalue weighted by Crippen LogP contribution is -2.35. The molecule has 0 N–H and O–H groups in total. The lowest BCUT2D eigenvalue weighted by atomic mass is 10.3. The van der Waals surface area contributed by atoms with Crippen LogP contribution < -0.4 is 4.74 Å². The van der Waals surface area contributed by atoms with Gasteiger partial charge in [-0.3, -0.25) is 4.90 Å². The second kappa shape index (κ2) is 7.84. The molecule has 0 unspecified atom stereocenters. The van der Waals surface area contributed by atoms with E-state index in [0.29, 0.717) is 42.0 Å². The number of ether oxygens (including phenoxy) is 1. The summed E-state index contributed by atoms with van der Waals surface area (Å²) in [6.45, 7) is 3.92. The Morgan fingerprint density at radius 1 is 1.18 bits per heavy atom. The number of nitrogens with zero attached hydrogens (tertiary/aromatic N) is 2. The molecular formula is C14H20Cl2N2O3S. The highest BCUT2D eigenvalue weighted by Gasteiger charge is 2.21. The third kappa shape index (κ3) is 5.28. The van der Waals surface area contributed by atoms with Crippen LogP contribution >= 0.6 is 23.2 Å². The fourth-order valence-electron chi connectivity index (χ4n) is 2.38. The molecule has 1 aromatic carbocycles. The second-order valence-electron chi connectivity index (χ2n) is 5.28. The summed E-state index contributed by atoms with van der Waals surface area (Å²) in [5.41, 5.74) is 0. The normalized spacial score (nSPS) is 18.1. The summed E-state index contributed by atoms with van der Waals surface area (Å²) >= 11 is 11.9. The van der Waals surface area contributed by atoms with Crippen LogP contribution in [0.3, 0.4) is 0 Å². The Kier molecular flexibility index (Phi) is 6.35. The molecule has 1 aromatic rings. The minimum Gasteiger partial charge on any atom is -0.491 e. The van der Waals surface area contributed by atoms with Crippen molar-refractivity contribution in [1.82, 2.24) is 9.21 Å². The van der Waals surface area contributed by atoms with Crippen molar-refractivity contribution >= 4 is 33.2 Å². The van der Waals surface area contributed by atoms with Crippen molar-refractivity contribution in [3.8, 4) is 5.75 Å². The molecule has 124 valence electrons. The first kappa shape index (κ1) is 17.8. The molecule has 2 rings (SSSR count). The molecule has 1 aliphatic heterocycles. The molecule has 5 nitrogen and oxygen atoms in total. The fourth-order valence-corrected chi connectivity index (χ4v) is 3.72. The van der Waals surface area contributed by atoms with Crippen LogP contribution in [0.5, 0.6) is 5.75 Å². The van der Waals surface area contributed by atoms with Gasteiger partial charge in [0, 0.05) is 31.2 Å². The highest BCUT2D eigenvalue weighted by atomic mass is 35.5. The lowest BCUT2D eigenvalue weighted by molar-refractivity contribution is 0.215. The number of halogens is 2. The van der Waals surface area contributed by atoms with E-state index >= 15 is 0 Å². The summed E-state index contributed by atoms with van der Waals surface area (Å²) in [5.74, 6) is 0.610. The first-order valence-corrected chi connectivity index (χ1v) is 9.72. The van der Waals surface area contributed by atoms with Gasteiger partial charge in [0.05, 0.1) is 11.3 Å². The minimum atomic E-state index is -3.10. The third-order valence-electron chi connectivity index (χ3n) is 3.58. The van der Waals surface area contributed by atoms with Gasteiger partial charge in [0.1, 0.15) is 12.4 Å². The van der Waals surface area contributed by atoms with E-state index in [4.69, 9.17) is 27.9 Å². The zero-order valence-corrected chi connectivity index (χ0v) is 14.8. The second-order valence-corrected chi connectivity index (χ2v) is 8.11. The SMILES string of the molecule is CS(=O)(=O)N1CCCN(CCOc2ccc(Cl)cc2Cl)CC1. The Hall–Kier alpha value is -0.530. The number of hydrogen-bond donors (Lipinski definition) is 0. The van der Waals surface area contributed by atoms with Gasteiger partial charge < -0.3 is 4.74 Å². The van der Waals surface area contributed by atoms with Crippen LogP contribution in [0.15, 0.2) is 18.2 Å². The molecule has 0 saturated carbocycles. The van der Waals surface area contributed by atoms with Gasteiger partial charge in [0.2, 0.25) is 10.0 Å². The summed E-state index contributed by atoms with van der Waals surface area (Å²) < 4.78 is 30.3. The highest BCUT2D eigenvalue weighted by Crippen LogP contribution is 2.27. The van der Waals surface area contributed by atoms with Gasteiger partial charge in [-0.05, 0) is 31.2 Å². The topological polar surface area (TPSA) is 49.9 Å². The number of hydrogen-bond acceptors (Lipinski definition) is 4. The van der Waals surface area contributed by atoms with Crippen molar-refractivity contribution in [2.45, 2.75) is 6.42 Å². The van der Waals surface area contributed by atoms with E-state index in [1.165, 1.54) is 10.6 Å². The number of rotatable bonds is 5. The van der Waals surface area contributed by atoms with Crippen molar-refractivity contribution < 1.29 is 13.2 Å². The summed E-state index contributed by atoms with van der Waals surface area (Å²) in [6.07, 6.45) is 2.09. The summed E-state index contributed by atoms with van der Waals surface area (Å²) in [4.78, 5) is 2.20. The first-order valence-electron chi connectivity index (χ1n) is 7.11. The highest BCUT2D eigenvalue weighted by molar-refractivity contribution is 7.88. The van der Waals surface area contributed by atoms with Crippen LogP contribution in [0.25, 0.3) is 0 Å². The summed E-state index contributed by atoms with van der Waals surface area (Å²) in [7, 11) is -3.10. The third-order valence-corrected chi connectivity index (χ3v) is 5.41. The number of sulfonamides is 1. The maximum absolute atomic E-state index is 11.6. The van der Waals surface area contributed by atoms with Gasteiger partial charge in [0.25, 0.3) is 0 Å². The zero-order chi connectivity index (χ0) is 16.2. The largest absolute Gasteiger partial charge is 0.491 e. The molecule has 0 bridgehead atoms. The van der Waals surface area contributed by atoms with E-state index in [2.05, 4.69) is 4.90 Å². The van der Waals surface area contributed by atoms with Crippen LogP contribution in [0.1, 0.15) is 6.42 Å². The van der Waals surface area contributed by atoms with Crippen LogP contribution in [0.4, 0.5) is 0 Å². The van der Waals surface area contributed by atoms with Crippen molar-refractivity contribution in [2.75, 3.05) is 45.6 Å².